The van der Waals surface area contributed by atoms with Crippen LogP contribution < -0.4 is 10.2 Å². The molecule has 0 spiro atoms. The van der Waals surface area contributed by atoms with E-state index in [2.05, 4.69) is 58.2 Å². The van der Waals surface area contributed by atoms with Gasteiger partial charge in [-0.05, 0) is 50.1 Å². The zero-order chi connectivity index (χ0) is 13.7. The highest BCUT2D eigenvalue weighted by Gasteiger charge is 2.17. The second kappa shape index (κ2) is 7.30. The first-order valence-electron chi connectivity index (χ1n) is 7.50. The second-order valence-corrected chi connectivity index (χ2v) is 6.30. The summed E-state index contributed by atoms with van der Waals surface area (Å²) in [6.45, 7) is 7.83. The lowest BCUT2D eigenvalue weighted by Gasteiger charge is -2.28. The second-order valence-electron chi connectivity index (χ2n) is 5.38. The van der Waals surface area contributed by atoms with Crippen LogP contribution in [-0.2, 0) is 0 Å². The highest BCUT2D eigenvalue weighted by atomic mass is 79.9. The van der Waals surface area contributed by atoms with Gasteiger partial charge >= 0.3 is 0 Å². The number of rotatable bonds is 4. The van der Waals surface area contributed by atoms with Crippen molar-refractivity contribution in [3.8, 4) is 0 Å². The van der Waals surface area contributed by atoms with Crippen LogP contribution in [-0.4, -0.2) is 19.6 Å². The Labute approximate surface area is 125 Å². The summed E-state index contributed by atoms with van der Waals surface area (Å²) in [5.74, 6) is 0. The zero-order valence-electron chi connectivity index (χ0n) is 12.1. The quantitative estimate of drug-likeness (QED) is 0.877. The molecule has 1 aromatic carbocycles. The lowest BCUT2D eigenvalue weighted by atomic mass is 10.0. The average Bonchev–Trinajstić information content (AvgIpc) is 2.68. The van der Waals surface area contributed by atoms with Crippen LogP contribution >= 0.6 is 15.9 Å². The maximum Gasteiger partial charge on any atom is 0.0415 e. The van der Waals surface area contributed by atoms with Crippen LogP contribution in [0.3, 0.4) is 0 Å². The number of halogens is 1. The molecule has 0 aromatic heterocycles. The van der Waals surface area contributed by atoms with Crippen molar-refractivity contribution in [2.24, 2.45) is 0 Å². The summed E-state index contributed by atoms with van der Waals surface area (Å²) in [5.41, 5.74) is 2.83. The van der Waals surface area contributed by atoms with E-state index in [0.717, 1.165) is 6.54 Å². The van der Waals surface area contributed by atoms with Gasteiger partial charge in [0.05, 0.1) is 0 Å². The molecule has 1 aliphatic heterocycles. The molecule has 1 N–H and O–H groups in total. The van der Waals surface area contributed by atoms with Crippen molar-refractivity contribution in [1.29, 1.82) is 0 Å². The van der Waals surface area contributed by atoms with Crippen molar-refractivity contribution >= 4 is 21.6 Å². The topological polar surface area (TPSA) is 15.3 Å². The number of nitrogens with one attached hydrogen (secondary N) is 1. The van der Waals surface area contributed by atoms with Crippen LogP contribution in [0.15, 0.2) is 22.7 Å². The van der Waals surface area contributed by atoms with Crippen LogP contribution in [0, 0.1) is 0 Å². The third-order valence-corrected chi connectivity index (χ3v) is 4.41. The predicted octanol–water partition coefficient (Wildman–Crippen LogP) is 4.50. The van der Waals surface area contributed by atoms with E-state index >= 15 is 0 Å². The van der Waals surface area contributed by atoms with Crippen molar-refractivity contribution in [2.45, 2.75) is 45.6 Å². The summed E-state index contributed by atoms with van der Waals surface area (Å²) in [6.07, 6.45) is 5.41. The minimum Gasteiger partial charge on any atom is -0.371 e. The number of anilines is 1. The van der Waals surface area contributed by atoms with E-state index in [1.54, 1.807) is 0 Å². The normalized spacial score (nSPS) is 18.2. The molecule has 1 fully saturated rings. The van der Waals surface area contributed by atoms with Crippen LogP contribution in [0.4, 0.5) is 5.69 Å². The molecular formula is C16H25BrN2. The highest BCUT2D eigenvalue weighted by Crippen LogP contribution is 2.31. The van der Waals surface area contributed by atoms with Crippen LogP contribution in [0.2, 0.25) is 0 Å². The Hall–Kier alpha value is -0.540. The van der Waals surface area contributed by atoms with Crippen molar-refractivity contribution in [1.82, 2.24) is 5.32 Å². The standard InChI is InChI=1S/C16H25BrN2/c1-3-18-13(2)15-12-14(17)8-9-16(15)19-10-6-4-5-7-11-19/h8-9,12-13,18H,3-7,10-11H2,1-2H3. The van der Waals surface area contributed by atoms with Crippen LogP contribution in [0.5, 0.6) is 0 Å². The third kappa shape index (κ3) is 3.96. The van der Waals surface area contributed by atoms with Crippen LogP contribution in [0.1, 0.15) is 51.1 Å². The Balaban J connectivity index is 2.26. The summed E-state index contributed by atoms with van der Waals surface area (Å²) in [7, 11) is 0. The largest absolute Gasteiger partial charge is 0.371 e. The molecule has 1 saturated heterocycles. The fraction of sp³-hybridized carbons (Fsp3) is 0.625. The number of hydrogen-bond donors (Lipinski definition) is 1. The Kier molecular flexibility index (Phi) is 5.71. The molecule has 0 aliphatic carbocycles. The lowest BCUT2D eigenvalue weighted by Crippen LogP contribution is -2.27. The van der Waals surface area contributed by atoms with Gasteiger partial charge in [0, 0.05) is 29.3 Å². The number of benzene rings is 1. The van der Waals surface area contributed by atoms with E-state index in [0.29, 0.717) is 6.04 Å². The SMILES string of the molecule is CCNC(C)c1cc(Br)ccc1N1CCCCCC1. The fourth-order valence-electron chi connectivity index (χ4n) is 2.89. The van der Waals surface area contributed by atoms with Crippen molar-refractivity contribution in [3.63, 3.8) is 0 Å². The molecule has 2 nitrogen and oxygen atoms in total. The Morgan fingerprint density at radius 3 is 2.53 bits per heavy atom. The van der Waals surface area contributed by atoms with Gasteiger partial charge in [-0.1, -0.05) is 35.7 Å². The van der Waals surface area contributed by atoms with Crippen molar-refractivity contribution in [3.05, 3.63) is 28.2 Å². The third-order valence-electron chi connectivity index (χ3n) is 3.91. The molecule has 2 rings (SSSR count). The van der Waals surface area contributed by atoms with Gasteiger partial charge in [-0.3, -0.25) is 0 Å². The number of nitrogens with zero attached hydrogens (tertiary/aromatic N) is 1. The van der Waals surface area contributed by atoms with Gasteiger partial charge < -0.3 is 10.2 Å². The molecule has 0 radical (unpaired) electrons. The van der Waals surface area contributed by atoms with Gasteiger partial charge in [-0.25, -0.2) is 0 Å². The summed E-state index contributed by atoms with van der Waals surface area (Å²) in [6, 6.07) is 7.12. The molecule has 1 atom stereocenters. The maximum absolute atomic E-state index is 3.61. The van der Waals surface area contributed by atoms with E-state index in [1.165, 1.54) is 54.5 Å². The van der Waals surface area contributed by atoms with Crippen LogP contribution in [0.25, 0.3) is 0 Å². The van der Waals surface area contributed by atoms with Crippen molar-refractivity contribution < 1.29 is 0 Å². The van der Waals surface area contributed by atoms with Gasteiger partial charge in [0.25, 0.3) is 0 Å². The van der Waals surface area contributed by atoms with E-state index in [1.807, 2.05) is 0 Å². The summed E-state index contributed by atoms with van der Waals surface area (Å²) in [4.78, 5) is 2.57. The van der Waals surface area contributed by atoms with E-state index in [4.69, 9.17) is 0 Å². The molecule has 0 saturated carbocycles. The van der Waals surface area contributed by atoms with Crippen molar-refractivity contribution in [2.75, 3.05) is 24.5 Å². The first kappa shape index (κ1) is 14.9. The summed E-state index contributed by atoms with van der Waals surface area (Å²) < 4.78 is 1.17. The summed E-state index contributed by atoms with van der Waals surface area (Å²) in [5, 5.41) is 3.54. The van der Waals surface area contributed by atoms with E-state index in [-0.39, 0.29) is 0 Å². The van der Waals surface area contributed by atoms with Gasteiger partial charge in [-0.15, -0.1) is 0 Å². The molecule has 19 heavy (non-hydrogen) atoms. The molecule has 0 amide bonds. The number of hydrogen-bond acceptors (Lipinski definition) is 2. The zero-order valence-corrected chi connectivity index (χ0v) is 13.7. The molecule has 1 unspecified atom stereocenters. The minimum atomic E-state index is 0.403. The fourth-order valence-corrected chi connectivity index (χ4v) is 3.27. The summed E-state index contributed by atoms with van der Waals surface area (Å²) >= 11 is 3.61. The van der Waals surface area contributed by atoms with Gasteiger partial charge in [0.2, 0.25) is 0 Å². The molecule has 1 heterocycles. The molecular weight excluding hydrogens is 300 g/mol. The molecule has 3 heteroatoms. The van der Waals surface area contributed by atoms with E-state index in [9.17, 15) is 0 Å². The van der Waals surface area contributed by atoms with Gasteiger partial charge in [0.1, 0.15) is 0 Å². The highest BCUT2D eigenvalue weighted by molar-refractivity contribution is 9.10. The molecule has 0 bridgehead atoms. The first-order chi connectivity index (χ1) is 9.22. The van der Waals surface area contributed by atoms with Gasteiger partial charge in [-0.2, -0.15) is 0 Å². The predicted molar refractivity (Wildman–Crippen MR) is 86.9 cm³/mol. The first-order valence-corrected chi connectivity index (χ1v) is 8.29. The van der Waals surface area contributed by atoms with E-state index < -0.39 is 0 Å². The minimum absolute atomic E-state index is 0.403. The molecule has 1 aromatic rings. The maximum atomic E-state index is 3.61. The average molecular weight is 325 g/mol. The van der Waals surface area contributed by atoms with Gasteiger partial charge in [0.15, 0.2) is 0 Å². The molecule has 106 valence electrons. The smallest absolute Gasteiger partial charge is 0.0415 e. The molecule has 1 aliphatic rings. The Morgan fingerprint density at radius 1 is 1.21 bits per heavy atom. The monoisotopic (exact) mass is 324 g/mol. The Morgan fingerprint density at radius 2 is 1.89 bits per heavy atom. The lowest BCUT2D eigenvalue weighted by molar-refractivity contribution is 0.595. The Bertz CT molecular complexity index is 398.